The number of amides is 1. The van der Waals surface area contributed by atoms with Crippen molar-refractivity contribution in [3.8, 4) is 11.1 Å². The number of benzene rings is 2. The SMILES string of the molecule is CNC(=O)C(C)(Cc1cnc(N(CCO)CCO)cc1-c1ccccc1C)c1cc(C(F)(F)F)cc(C(F)(F)F)c1. The number of alkyl halides is 6. The number of nitrogens with zero attached hydrogens (tertiary/aromatic N) is 2. The minimum Gasteiger partial charge on any atom is -0.395 e. The van der Waals surface area contributed by atoms with Crippen LogP contribution in [-0.4, -0.2) is 54.5 Å². The second kappa shape index (κ2) is 12.5. The largest absolute Gasteiger partial charge is 0.416 e. The van der Waals surface area contributed by atoms with Gasteiger partial charge >= 0.3 is 12.4 Å². The summed E-state index contributed by atoms with van der Waals surface area (Å²) in [4.78, 5) is 19.3. The number of carbonyl (C=O) groups is 1. The zero-order valence-corrected chi connectivity index (χ0v) is 22.7. The molecule has 222 valence electrons. The Labute approximate surface area is 233 Å². The number of anilines is 1. The Morgan fingerprint density at radius 2 is 1.41 bits per heavy atom. The predicted octanol–water partition coefficient (Wildman–Crippen LogP) is 5.13. The predicted molar refractivity (Wildman–Crippen MR) is 142 cm³/mol. The van der Waals surface area contributed by atoms with Crippen LogP contribution in [-0.2, 0) is 29.0 Å². The molecule has 3 N–H and O–H groups in total. The van der Waals surface area contributed by atoms with Crippen molar-refractivity contribution in [3.05, 3.63) is 82.5 Å². The van der Waals surface area contributed by atoms with Gasteiger partial charge in [-0.05, 0) is 72.4 Å². The number of hydrogen-bond donors (Lipinski definition) is 3. The average Bonchev–Trinajstić information content (AvgIpc) is 2.91. The quantitative estimate of drug-likeness (QED) is 0.288. The molecule has 3 aromatic rings. The van der Waals surface area contributed by atoms with Crippen LogP contribution in [0, 0.1) is 6.92 Å². The van der Waals surface area contributed by atoms with Crippen molar-refractivity contribution in [2.45, 2.75) is 38.0 Å². The number of aliphatic hydroxyl groups is 2. The van der Waals surface area contributed by atoms with Gasteiger partial charge in [-0.2, -0.15) is 26.3 Å². The van der Waals surface area contributed by atoms with Gasteiger partial charge in [-0.1, -0.05) is 24.3 Å². The Hall–Kier alpha value is -3.64. The van der Waals surface area contributed by atoms with Crippen molar-refractivity contribution in [1.82, 2.24) is 10.3 Å². The van der Waals surface area contributed by atoms with E-state index in [9.17, 15) is 41.4 Å². The molecule has 12 heteroatoms. The molecule has 0 radical (unpaired) electrons. The Morgan fingerprint density at radius 1 is 0.878 bits per heavy atom. The van der Waals surface area contributed by atoms with Crippen LogP contribution < -0.4 is 10.2 Å². The Kier molecular flexibility index (Phi) is 9.70. The lowest BCUT2D eigenvalue weighted by molar-refractivity contribution is -0.143. The zero-order chi connectivity index (χ0) is 30.6. The molecule has 0 fully saturated rings. The summed E-state index contributed by atoms with van der Waals surface area (Å²) in [5, 5.41) is 21.3. The summed E-state index contributed by atoms with van der Waals surface area (Å²) in [6.07, 6.45) is -9.05. The number of aryl methyl sites for hydroxylation is 1. The summed E-state index contributed by atoms with van der Waals surface area (Å²) >= 11 is 0. The molecule has 3 rings (SSSR count). The van der Waals surface area contributed by atoms with Gasteiger partial charge in [0.15, 0.2) is 0 Å². The van der Waals surface area contributed by atoms with E-state index in [-0.39, 0.29) is 38.8 Å². The molecule has 41 heavy (non-hydrogen) atoms. The Morgan fingerprint density at radius 3 is 1.90 bits per heavy atom. The third-order valence-corrected chi connectivity index (χ3v) is 6.97. The van der Waals surface area contributed by atoms with Gasteiger partial charge in [-0.15, -0.1) is 0 Å². The van der Waals surface area contributed by atoms with Crippen molar-refractivity contribution in [3.63, 3.8) is 0 Å². The molecule has 0 saturated heterocycles. The number of carbonyl (C=O) groups excluding carboxylic acids is 1. The van der Waals surface area contributed by atoms with E-state index < -0.39 is 40.4 Å². The highest BCUT2D eigenvalue weighted by atomic mass is 19.4. The highest BCUT2D eigenvalue weighted by molar-refractivity contribution is 5.88. The van der Waals surface area contributed by atoms with Crippen LogP contribution in [0.4, 0.5) is 32.2 Å². The molecular weight excluding hydrogens is 552 g/mol. The van der Waals surface area contributed by atoms with Crippen LogP contribution in [0.2, 0.25) is 0 Å². The molecule has 1 aromatic heterocycles. The lowest BCUT2D eigenvalue weighted by atomic mass is 9.74. The fourth-order valence-corrected chi connectivity index (χ4v) is 4.74. The molecule has 2 aromatic carbocycles. The third kappa shape index (κ3) is 7.17. The molecule has 0 bridgehead atoms. The number of halogens is 6. The van der Waals surface area contributed by atoms with E-state index in [1.165, 1.54) is 20.2 Å². The second-order valence-electron chi connectivity index (χ2n) is 9.83. The maximum absolute atomic E-state index is 13.7. The lowest BCUT2D eigenvalue weighted by Gasteiger charge is -2.31. The lowest BCUT2D eigenvalue weighted by Crippen LogP contribution is -2.43. The van der Waals surface area contributed by atoms with Crippen molar-refractivity contribution in [1.29, 1.82) is 0 Å². The fraction of sp³-hybridized carbons (Fsp3) is 0.379. The van der Waals surface area contributed by atoms with E-state index in [4.69, 9.17) is 0 Å². The van der Waals surface area contributed by atoms with Crippen LogP contribution in [0.1, 0.15) is 34.7 Å². The van der Waals surface area contributed by atoms with Crippen molar-refractivity contribution in [2.24, 2.45) is 0 Å². The molecule has 1 unspecified atom stereocenters. The summed E-state index contributed by atoms with van der Waals surface area (Å²) < 4.78 is 82.1. The molecule has 0 aliphatic rings. The molecule has 0 spiro atoms. The summed E-state index contributed by atoms with van der Waals surface area (Å²) in [6, 6.07) is 10.0. The van der Waals surface area contributed by atoms with Gasteiger partial charge < -0.3 is 20.4 Å². The van der Waals surface area contributed by atoms with Crippen LogP contribution >= 0.6 is 0 Å². The molecule has 6 nitrogen and oxygen atoms in total. The van der Waals surface area contributed by atoms with Crippen molar-refractivity contribution in [2.75, 3.05) is 38.3 Å². The first kappa shape index (κ1) is 31.9. The van der Waals surface area contributed by atoms with Crippen LogP contribution in [0.25, 0.3) is 11.1 Å². The van der Waals surface area contributed by atoms with Gasteiger partial charge in [0.25, 0.3) is 0 Å². The minimum atomic E-state index is -5.09. The van der Waals surface area contributed by atoms with Crippen LogP contribution in [0.15, 0.2) is 54.7 Å². The topological polar surface area (TPSA) is 85.7 Å². The van der Waals surface area contributed by atoms with E-state index >= 15 is 0 Å². The maximum atomic E-state index is 13.7. The van der Waals surface area contributed by atoms with Crippen LogP contribution in [0.3, 0.4) is 0 Å². The molecule has 1 atom stereocenters. The van der Waals surface area contributed by atoms with E-state index in [0.29, 0.717) is 34.6 Å². The van der Waals surface area contributed by atoms with Gasteiger partial charge in [0.1, 0.15) is 5.82 Å². The summed E-state index contributed by atoms with van der Waals surface area (Å²) in [5.41, 5.74) is -2.89. The van der Waals surface area contributed by atoms with Gasteiger partial charge in [-0.3, -0.25) is 4.79 Å². The zero-order valence-electron chi connectivity index (χ0n) is 22.7. The highest BCUT2D eigenvalue weighted by Crippen LogP contribution is 2.41. The fourth-order valence-electron chi connectivity index (χ4n) is 4.74. The first-order valence-corrected chi connectivity index (χ1v) is 12.7. The van der Waals surface area contributed by atoms with E-state index in [0.717, 1.165) is 5.56 Å². The number of likely N-dealkylation sites (N-methyl/N-ethyl adjacent to an activating group) is 1. The van der Waals surface area contributed by atoms with E-state index in [2.05, 4.69) is 10.3 Å². The smallest absolute Gasteiger partial charge is 0.395 e. The monoisotopic (exact) mass is 583 g/mol. The van der Waals surface area contributed by atoms with Crippen molar-refractivity contribution >= 4 is 11.7 Å². The van der Waals surface area contributed by atoms with E-state index in [1.54, 1.807) is 29.2 Å². The number of aliphatic hydroxyl groups excluding tert-OH is 2. The Balaban J connectivity index is 2.28. The molecular formula is C29H31F6N3O3. The van der Waals surface area contributed by atoms with Gasteiger partial charge in [-0.25, -0.2) is 4.98 Å². The third-order valence-electron chi connectivity index (χ3n) is 6.97. The standard InChI is InChI=1S/C29H31F6N3O3/c1-18-6-4-5-7-23(18)24-15-25(38(8-10-39)9-11-40)37-17-19(24)16-27(2,26(41)36-3)20-12-21(28(30,31)32)14-22(13-20)29(33,34)35/h4-7,12-15,17,39-40H,8-11,16H2,1-3H3,(H,36,41). The number of pyridine rings is 1. The first-order valence-electron chi connectivity index (χ1n) is 12.7. The summed E-state index contributed by atoms with van der Waals surface area (Å²) in [6.45, 7) is 2.98. The number of rotatable bonds is 10. The molecule has 0 aliphatic carbocycles. The summed E-state index contributed by atoms with van der Waals surface area (Å²) in [7, 11) is 1.25. The molecule has 0 saturated carbocycles. The van der Waals surface area contributed by atoms with Gasteiger partial charge in [0.2, 0.25) is 5.91 Å². The second-order valence-corrected chi connectivity index (χ2v) is 9.83. The first-order chi connectivity index (χ1) is 19.1. The maximum Gasteiger partial charge on any atom is 0.416 e. The number of aromatic nitrogens is 1. The molecule has 0 aliphatic heterocycles. The van der Waals surface area contributed by atoms with Gasteiger partial charge in [0, 0.05) is 26.3 Å². The molecule has 1 amide bonds. The van der Waals surface area contributed by atoms with Gasteiger partial charge in [0.05, 0.1) is 29.8 Å². The van der Waals surface area contributed by atoms with E-state index in [1.807, 2.05) is 13.0 Å². The minimum absolute atomic E-state index is 0.0276. The summed E-state index contributed by atoms with van der Waals surface area (Å²) in [5.74, 6) is -0.401. The number of hydrogen-bond acceptors (Lipinski definition) is 5. The Bertz CT molecular complexity index is 1340. The number of nitrogens with one attached hydrogen (secondary N) is 1. The van der Waals surface area contributed by atoms with Crippen molar-refractivity contribution < 1.29 is 41.4 Å². The highest BCUT2D eigenvalue weighted by Gasteiger charge is 2.42. The molecule has 1 heterocycles. The average molecular weight is 584 g/mol. The van der Waals surface area contributed by atoms with Crippen LogP contribution in [0.5, 0.6) is 0 Å². The normalized spacial score (nSPS) is 13.5.